The molecule has 240 valence electrons. The molecular formula is C40H56O4. The van der Waals surface area contributed by atoms with E-state index in [1.165, 1.54) is 77.0 Å². The number of aryl methyl sites for hydroxylation is 2. The van der Waals surface area contributed by atoms with Gasteiger partial charge in [0.05, 0.1) is 18.3 Å². The van der Waals surface area contributed by atoms with Gasteiger partial charge in [-0.15, -0.1) is 0 Å². The quantitative estimate of drug-likeness (QED) is 0.0617. The van der Waals surface area contributed by atoms with Crippen molar-refractivity contribution in [1.82, 2.24) is 0 Å². The molecule has 0 saturated heterocycles. The Labute approximate surface area is 266 Å². The third kappa shape index (κ3) is 12.5. The Kier molecular flexibility index (Phi) is 16.7. The summed E-state index contributed by atoms with van der Waals surface area (Å²) in [5.74, 6) is 0.603. The zero-order chi connectivity index (χ0) is 31.4. The average molecular weight is 601 g/mol. The molecule has 0 aliphatic carbocycles. The number of ether oxygens (including phenoxy) is 2. The molecule has 0 aliphatic rings. The van der Waals surface area contributed by atoms with Crippen molar-refractivity contribution in [2.24, 2.45) is 0 Å². The molecule has 0 radical (unpaired) electrons. The fourth-order valence-corrected chi connectivity index (χ4v) is 5.86. The van der Waals surface area contributed by atoms with Gasteiger partial charge < -0.3 is 9.47 Å². The van der Waals surface area contributed by atoms with Crippen LogP contribution < -0.4 is 4.74 Å². The first kappa shape index (κ1) is 35.3. The second kappa shape index (κ2) is 20.7. The summed E-state index contributed by atoms with van der Waals surface area (Å²) >= 11 is 0. The number of hydrogen-bond acceptors (Lipinski definition) is 4. The Bertz CT molecular complexity index is 1250. The minimum absolute atomic E-state index is 0.0686. The van der Waals surface area contributed by atoms with Gasteiger partial charge in [-0.05, 0) is 91.3 Å². The maximum Gasteiger partial charge on any atom is 0.338 e. The molecule has 0 unspecified atom stereocenters. The number of esters is 1. The predicted molar refractivity (Wildman–Crippen MR) is 184 cm³/mol. The van der Waals surface area contributed by atoms with E-state index < -0.39 is 0 Å². The monoisotopic (exact) mass is 600 g/mol. The van der Waals surface area contributed by atoms with Crippen molar-refractivity contribution < 1.29 is 19.1 Å². The summed E-state index contributed by atoms with van der Waals surface area (Å²) in [6.45, 7) is 7.16. The van der Waals surface area contributed by atoms with Crippen LogP contribution in [0.2, 0.25) is 0 Å². The number of carbonyl (C=O) groups excluding carboxylic acids is 2. The fourth-order valence-electron chi connectivity index (χ4n) is 5.86. The van der Waals surface area contributed by atoms with Gasteiger partial charge in [-0.25, -0.2) is 4.79 Å². The van der Waals surface area contributed by atoms with Crippen molar-refractivity contribution in [3.05, 3.63) is 76.9 Å². The molecule has 0 aromatic heterocycles. The second-order valence-corrected chi connectivity index (χ2v) is 12.4. The summed E-state index contributed by atoms with van der Waals surface area (Å²) in [4.78, 5) is 24.7. The zero-order valence-electron chi connectivity index (χ0n) is 27.7. The number of aldehydes is 1. The first-order valence-corrected chi connectivity index (χ1v) is 17.5. The van der Waals surface area contributed by atoms with Crippen LogP contribution >= 0.6 is 0 Å². The van der Waals surface area contributed by atoms with Gasteiger partial charge in [0.25, 0.3) is 0 Å². The molecule has 3 aromatic rings. The van der Waals surface area contributed by atoms with Crippen LogP contribution in [-0.4, -0.2) is 25.0 Å². The summed E-state index contributed by atoms with van der Waals surface area (Å²) in [7, 11) is 0. The molecule has 3 aromatic carbocycles. The van der Waals surface area contributed by atoms with E-state index in [2.05, 4.69) is 26.0 Å². The molecule has 44 heavy (non-hydrogen) atoms. The van der Waals surface area contributed by atoms with E-state index in [1.54, 1.807) is 0 Å². The smallest absolute Gasteiger partial charge is 0.338 e. The molecule has 0 fully saturated rings. The molecule has 0 N–H and O–H groups in total. The Morgan fingerprint density at radius 2 is 1.36 bits per heavy atom. The van der Waals surface area contributed by atoms with Gasteiger partial charge in [0.1, 0.15) is 5.75 Å². The first-order valence-electron chi connectivity index (χ1n) is 17.5. The summed E-state index contributed by atoms with van der Waals surface area (Å²) in [5, 5.41) is 1.99. The molecule has 0 amide bonds. The van der Waals surface area contributed by atoms with Crippen molar-refractivity contribution in [3.8, 4) is 5.75 Å². The lowest BCUT2D eigenvalue weighted by Crippen LogP contribution is -2.15. The van der Waals surface area contributed by atoms with E-state index in [1.807, 2.05) is 49.4 Å². The standard InChI is InChI=1S/C40H56O4/c1-4-6-8-10-11-12-13-14-15-17-29-43-37-27-28-38-36(30-37)26-25-34(39(38)31-41)22-19-33-20-23-35(24-21-33)40(42)44-32(3)18-16-9-7-5-2/h20-21,23-28,30-32H,4-19,22,29H2,1-3H3/t32-/m1/s1. The summed E-state index contributed by atoms with van der Waals surface area (Å²) in [6.07, 6.45) is 21.2. The second-order valence-electron chi connectivity index (χ2n) is 12.4. The van der Waals surface area contributed by atoms with Gasteiger partial charge in [-0.3, -0.25) is 4.79 Å². The van der Waals surface area contributed by atoms with Gasteiger partial charge in [0.2, 0.25) is 0 Å². The van der Waals surface area contributed by atoms with E-state index in [4.69, 9.17) is 9.47 Å². The molecule has 0 saturated carbocycles. The van der Waals surface area contributed by atoms with Gasteiger partial charge in [0, 0.05) is 5.56 Å². The Hall–Kier alpha value is -3.14. The van der Waals surface area contributed by atoms with E-state index in [0.29, 0.717) is 5.56 Å². The maximum atomic E-state index is 12.6. The van der Waals surface area contributed by atoms with Crippen molar-refractivity contribution >= 4 is 23.0 Å². The number of unbranched alkanes of at least 4 members (excludes halogenated alkanes) is 12. The minimum atomic E-state index is -0.260. The molecule has 0 aliphatic heterocycles. The fraction of sp³-hybridized carbons (Fsp3) is 0.550. The van der Waals surface area contributed by atoms with Crippen LogP contribution in [0.5, 0.6) is 5.75 Å². The highest BCUT2D eigenvalue weighted by molar-refractivity contribution is 6.00. The Morgan fingerprint density at radius 3 is 2.02 bits per heavy atom. The number of fused-ring (bicyclic) bond motifs is 1. The molecule has 1 atom stereocenters. The van der Waals surface area contributed by atoms with Crippen molar-refractivity contribution in [3.63, 3.8) is 0 Å². The molecule has 0 heterocycles. The van der Waals surface area contributed by atoms with Crippen molar-refractivity contribution in [2.45, 2.75) is 136 Å². The molecular weight excluding hydrogens is 544 g/mol. The number of rotatable bonds is 23. The molecule has 4 nitrogen and oxygen atoms in total. The Morgan fingerprint density at radius 1 is 0.727 bits per heavy atom. The lowest BCUT2D eigenvalue weighted by Gasteiger charge is -2.13. The molecule has 0 bridgehead atoms. The third-order valence-electron chi connectivity index (χ3n) is 8.65. The van der Waals surface area contributed by atoms with E-state index in [9.17, 15) is 9.59 Å². The van der Waals surface area contributed by atoms with Gasteiger partial charge in [0.15, 0.2) is 6.29 Å². The predicted octanol–water partition coefficient (Wildman–Crippen LogP) is 11.3. The van der Waals surface area contributed by atoms with Crippen LogP contribution in [0.4, 0.5) is 0 Å². The summed E-state index contributed by atoms with van der Waals surface area (Å²) in [6, 6.07) is 17.9. The number of hydrogen-bond donors (Lipinski definition) is 0. The van der Waals surface area contributed by atoms with Crippen molar-refractivity contribution in [1.29, 1.82) is 0 Å². The molecule has 3 rings (SSSR count). The highest BCUT2D eigenvalue weighted by Gasteiger charge is 2.13. The molecule has 4 heteroatoms. The third-order valence-corrected chi connectivity index (χ3v) is 8.65. The van der Waals surface area contributed by atoms with Gasteiger partial charge in [-0.1, -0.05) is 115 Å². The van der Waals surface area contributed by atoms with Crippen LogP contribution in [0.15, 0.2) is 54.6 Å². The minimum Gasteiger partial charge on any atom is -0.494 e. The summed E-state index contributed by atoms with van der Waals surface area (Å²) < 4.78 is 11.7. The topological polar surface area (TPSA) is 52.6 Å². The molecule has 0 spiro atoms. The number of carbonyl (C=O) groups is 2. The van der Waals surface area contributed by atoms with Crippen LogP contribution in [0.3, 0.4) is 0 Å². The van der Waals surface area contributed by atoms with E-state index in [0.717, 1.165) is 78.2 Å². The largest absolute Gasteiger partial charge is 0.494 e. The van der Waals surface area contributed by atoms with Gasteiger partial charge in [-0.2, -0.15) is 0 Å². The normalized spacial score (nSPS) is 11.9. The van der Waals surface area contributed by atoms with Crippen LogP contribution in [-0.2, 0) is 17.6 Å². The average Bonchev–Trinajstić information content (AvgIpc) is 3.04. The highest BCUT2D eigenvalue weighted by atomic mass is 16.5. The Balaban J connectivity index is 1.44. The van der Waals surface area contributed by atoms with E-state index >= 15 is 0 Å². The van der Waals surface area contributed by atoms with Crippen LogP contribution in [0.1, 0.15) is 149 Å². The van der Waals surface area contributed by atoms with Crippen LogP contribution in [0.25, 0.3) is 10.8 Å². The lowest BCUT2D eigenvalue weighted by molar-refractivity contribution is 0.0319. The maximum absolute atomic E-state index is 12.6. The zero-order valence-corrected chi connectivity index (χ0v) is 27.7. The number of benzene rings is 3. The van der Waals surface area contributed by atoms with Crippen molar-refractivity contribution in [2.75, 3.05) is 6.61 Å². The van der Waals surface area contributed by atoms with E-state index in [-0.39, 0.29) is 12.1 Å². The van der Waals surface area contributed by atoms with Gasteiger partial charge >= 0.3 is 5.97 Å². The lowest BCUT2D eigenvalue weighted by atomic mass is 9.95. The first-order chi connectivity index (χ1) is 21.5. The van der Waals surface area contributed by atoms with Crippen LogP contribution in [0, 0.1) is 0 Å². The highest BCUT2D eigenvalue weighted by Crippen LogP contribution is 2.27. The SMILES string of the molecule is CCCCCCCCCCCCOc1ccc2c(C=O)c(CCc3ccc(C(=O)O[C@H](C)CCCCCC)cc3)ccc2c1. The summed E-state index contributed by atoms with van der Waals surface area (Å²) in [5.41, 5.74) is 3.49.